The van der Waals surface area contributed by atoms with Crippen molar-refractivity contribution in [1.82, 2.24) is 9.97 Å². The molecule has 0 aliphatic carbocycles. The monoisotopic (exact) mass is 308 g/mol. The van der Waals surface area contributed by atoms with E-state index in [0.29, 0.717) is 0 Å². The first-order valence-corrected chi connectivity index (χ1v) is 7.94. The second-order valence-electron chi connectivity index (χ2n) is 5.57. The van der Waals surface area contributed by atoms with Gasteiger partial charge in [-0.2, -0.15) is 0 Å². The molecule has 24 heavy (non-hydrogen) atoms. The second kappa shape index (κ2) is 6.47. The van der Waals surface area contributed by atoms with Gasteiger partial charge in [-0.1, -0.05) is 78.9 Å². The van der Waals surface area contributed by atoms with Crippen LogP contribution in [0.2, 0.25) is 0 Å². The van der Waals surface area contributed by atoms with Gasteiger partial charge in [0.05, 0.1) is 11.2 Å². The predicted octanol–water partition coefficient (Wildman–Crippen LogP) is 5.22. The van der Waals surface area contributed by atoms with E-state index in [1.807, 2.05) is 42.5 Å². The fraction of sp³-hybridized carbons (Fsp3) is 0. The number of rotatable bonds is 3. The average molecular weight is 308 g/mol. The molecule has 4 rings (SSSR count). The molecule has 114 valence electrons. The number of hydrogen-bond acceptors (Lipinski definition) is 2. The van der Waals surface area contributed by atoms with Gasteiger partial charge in [-0.05, 0) is 23.3 Å². The highest BCUT2D eigenvalue weighted by molar-refractivity contribution is 5.99. The summed E-state index contributed by atoms with van der Waals surface area (Å²) < 4.78 is 0. The summed E-state index contributed by atoms with van der Waals surface area (Å²) in [4.78, 5) is 8.99. The normalized spacial score (nSPS) is 11.6. The van der Waals surface area contributed by atoms with Crippen LogP contribution in [0, 0.1) is 0 Å². The van der Waals surface area contributed by atoms with Gasteiger partial charge in [0.15, 0.2) is 0 Å². The highest BCUT2D eigenvalue weighted by Crippen LogP contribution is 2.29. The summed E-state index contributed by atoms with van der Waals surface area (Å²) in [6, 6.07) is 28.8. The molecule has 4 aromatic rings. The van der Waals surface area contributed by atoms with Crippen LogP contribution in [0.5, 0.6) is 0 Å². The quantitative estimate of drug-likeness (QED) is 0.485. The third-order valence-corrected chi connectivity index (χ3v) is 3.99. The molecule has 0 saturated carbocycles. The number of aromatic nitrogens is 2. The Kier molecular flexibility index (Phi) is 3.86. The van der Waals surface area contributed by atoms with Crippen molar-refractivity contribution < 1.29 is 0 Å². The third kappa shape index (κ3) is 2.82. The van der Waals surface area contributed by atoms with Crippen LogP contribution in [-0.2, 0) is 0 Å². The first kappa shape index (κ1) is 14.3. The van der Waals surface area contributed by atoms with E-state index in [-0.39, 0.29) is 0 Å². The van der Waals surface area contributed by atoms with E-state index < -0.39 is 0 Å². The lowest BCUT2D eigenvalue weighted by atomic mass is 9.97. The molecule has 0 radical (unpaired) electrons. The lowest BCUT2D eigenvalue weighted by molar-refractivity contribution is 1.19. The Hall–Kier alpha value is -3.26. The molecule has 0 amide bonds. The first-order chi connectivity index (χ1) is 11.9. The van der Waals surface area contributed by atoms with Crippen LogP contribution >= 0.6 is 0 Å². The van der Waals surface area contributed by atoms with Crippen LogP contribution in [0.1, 0.15) is 16.8 Å². The molecular formula is C22H16N2. The first-order valence-electron chi connectivity index (χ1n) is 7.94. The molecule has 0 aliphatic heterocycles. The van der Waals surface area contributed by atoms with Crippen molar-refractivity contribution in [3.05, 3.63) is 108 Å². The number of nitrogens with zero attached hydrogens (tertiary/aromatic N) is 2. The summed E-state index contributed by atoms with van der Waals surface area (Å²) in [7, 11) is 0. The summed E-state index contributed by atoms with van der Waals surface area (Å²) in [5.74, 6) is 0. The van der Waals surface area contributed by atoms with Crippen LogP contribution in [0.3, 0.4) is 0 Å². The van der Waals surface area contributed by atoms with Crippen molar-refractivity contribution in [1.29, 1.82) is 0 Å². The summed E-state index contributed by atoms with van der Waals surface area (Å²) in [6.07, 6.45) is 3.82. The van der Waals surface area contributed by atoms with Crippen molar-refractivity contribution in [2.24, 2.45) is 0 Å². The number of para-hydroxylation sites is 1. The Labute approximate surface area is 141 Å². The van der Waals surface area contributed by atoms with Gasteiger partial charge in [0.25, 0.3) is 0 Å². The van der Waals surface area contributed by atoms with Crippen molar-refractivity contribution in [2.45, 2.75) is 0 Å². The zero-order valence-corrected chi connectivity index (χ0v) is 13.1. The van der Waals surface area contributed by atoms with Crippen molar-refractivity contribution in [2.75, 3.05) is 0 Å². The third-order valence-electron chi connectivity index (χ3n) is 3.99. The van der Waals surface area contributed by atoms with Gasteiger partial charge in [-0.3, -0.25) is 0 Å². The molecule has 0 aliphatic rings. The van der Waals surface area contributed by atoms with Gasteiger partial charge in [-0.15, -0.1) is 0 Å². The summed E-state index contributed by atoms with van der Waals surface area (Å²) in [5.41, 5.74) is 5.30. The highest BCUT2D eigenvalue weighted by Gasteiger charge is 2.11. The molecule has 0 unspecified atom stereocenters. The Bertz CT molecular complexity index is 985. The SMILES string of the molecule is C(=C(c1ccccc1)c1ncnc2ccccc12)c1ccccc1. The summed E-state index contributed by atoms with van der Waals surface area (Å²) >= 11 is 0. The molecule has 0 atom stereocenters. The molecule has 1 aromatic heterocycles. The summed E-state index contributed by atoms with van der Waals surface area (Å²) in [6.45, 7) is 0. The minimum Gasteiger partial charge on any atom is -0.236 e. The van der Waals surface area contributed by atoms with Gasteiger partial charge in [0.2, 0.25) is 0 Å². The van der Waals surface area contributed by atoms with Gasteiger partial charge in [0.1, 0.15) is 6.33 Å². The highest BCUT2D eigenvalue weighted by atomic mass is 14.8. The largest absolute Gasteiger partial charge is 0.236 e. The minimum atomic E-state index is 0.954. The Morgan fingerprint density at radius 2 is 1.33 bits per heavy atom. The maximum atomic E-state index is 4.60. The van der Waals surface area contributed by atoms with E-state index >= 15 is 0 Å². The topological polar surface area (TPSA) is 25.8 Å². The van der Waals surface area contributed by atoms with Crippen LogP contribution < -0.4 is 0 Å². The molecule has 2 heteroatoms. The predicted molar refractivity (Wildman–Crippen MR) is 99.4 cm³/mol. The number of hydrogen-bond donors (Lipinski definition) is 0. The van der Waals surface area contributed by atoms with Crippen LogP contribution in [0.4, 0.5) is 0 Å². The van der Waals surface area contributed by atoms with Crippen molar-refractivity contribution in [3.8, 4) is 0 Å². The standard InChI is InChI=1S/C22H16N2/c1-3-9-17(10-4-1)15-20(18-11-5-2-6-12-18)22-19-13-7-8-14-21(19)23-16-24-22/h1-16H. The molecule has 3 aromatic carbocycles. The molecule has 0 N–H and O–H groups in total. The number of fused-ring (bicyclic) bond motifs is 1. The maximum Gasteiger partial charge on any atom is 0.116 e. The molecule has 2 nitrogen and oxygen atoms in total. The molecule has 0 spiro atoms. The molecule has 0 saturated heterocycles. The fourth-order valence-corrected chi connectivity index (χ4v) is 2.84. The second-order valence-corrected chi connectivity index (χ2v) is 5.57. The number of benzene rings is 3. The van der Waals surface area contributed by atoms with E-state index in [1.54, 1.807) is 6.33 Å². The van der Waals surface area contributed by atoms with Gasteiger partial charge >= 0.3 is 0 Å². The van der Waals surface area contributed by atoms with Crippen molar-refractivity contribution in [3.63, 3.8) is 0 Å². The Morgan fingerprint density at radius 3 is 2.12 bits per heavy atom. The van der Waals surface area contributed by atoms with Gasteiger partial charge < -0.3 is 0 Å². The van der Waals surface area contributed by atoms with E-state index in [0.717, 1.165) is 33.3 Å². The lowest BCUT2D eigenvalue weighted by Crippen LogP contribution is -1.95. The zero-order chi connectivity index (χ0) is 16.2. The zero-order valence-electron chi connectivity index (χ0n) is 13.1. The van der Waals surface area contributed by atoms with Gasteiger partial charge in [-0.25, -0.2) is 9.97 Å². The lowest BCUT2D eigenvalue weighted by Gasteiger charge is -2.10. The fourth-order valence-electron chi connectivity index (χ4n) is 2.84. The van der Waals surface area contributed by atoms with E-state index in [1.165, 1.54) is 0 Å². The van der Waals surface area contributed by atoms with Crippen LogP contribution in [0.25, 0.3) is 22.6 Å². The molecule has 0 fully saturated rings. The molecule has 1 heterocycles. The molecule has 0 bridgehead atoms. The smallest absolute Gasteiger partial charge is 0.116 e. The maximum absolute atomic E-state index is 4.60. The average Bonchev–Trinajstić information content (AvgIpc) is 2.67. The van der Waals surface area contributed by atoms with E-state index in [9.17, 15) is 0 Å². The Morgan fingerprint density at radius 1 is 0.667 bits per heavy atom. The molecular weight excluding hydrogens is 292 g/mol. The van der Waals surface area contributed by atoms with E-state index in [4.69, 9.17) is 0 Å². The van der Waals surface area contributed by atoms with Crippen LogP contribution in [0.15, 0.2) is 91.3 Å². The van der Waals surface area contributed by atoms with E-state index in [2.05, 4.69) is 58.5 Å². The Balaban J connectivity index is 1.98. The van der Waals surface area contributed by atoms with Gasteiger partial charge in [0, 0.05) is 11.0 Å². The van der Waals surface area contributed by atoms with Crippen LogP contribution in [-0.4, -0.2) is 9.97 Å². The summed E-state index contributed by atoms with van der Waals surface area (Å²) in [5, 5.41) is 1.06. The minimum absolute atomic E-state index is 0.954. The van der Waals surface area contributed by atoms with Crippen molar-refractivity contribution >= 4 is 22.6 Å².